The van der Waals surface area contributed by atoms with E-state index in [2.05, 4.69) is 5.43 Å². The maximum absolute atomic E-state index is 11.3. The van der Waals surface area contributed by atoms with E-state index in [0.717, 1.165) is 0 Å². The van der Waals surface area contributed by atoms with E-state index in [1.54, 1.807) is 24.3 Å². The van der Waals surface area contributed by atoms with Crippen LogP contribution in [-0.2, 0) is 0 Å². The van der Waals surface area contributed by atoms with Crippen LogP contribution in [0.25, 0.3) is 0 Å². The minimum Gasteiger partial charge on any atom is -0.488 e. The smallest absolute Gasteiger partial charge is 0.265 e. The molecule has 1 aromatic rings. The Bertz CT molecular complexity index is 433. The van der Waals surface area contributed by atoms with Gasteiger partial charge < -0.3 is 10.5 Å². The fraction of sp³-hybridized carbons (Fsp3) is 0.500. The monoisotopic (exact) mass is 265 g/mol. The first-order valence-electron chi connectivity index (χ1n) is 6.22. The Morgan fingerprint density at radius 3 is 2.16 bits per heavy atom. The molecule has 0 aliphatic rings. The van der Waals surface area contributed by atoms with Gasteiger partial charge in [0, 0.05) is 17.5 Å². The van der Waals surface area contributed by atoms with Gasteiger partial charge in [-0.25, -0.2) is 5.84 Å². The lowest BCUT2D eigenvalue weighted by Crippen LogP contribution is -2.43. The molecule has 5 N–H and O–H groups in total. The van der Waals surface area contributed by atoms with Crippen molar-refractivity contribution < 1.29 is 9.53 Å². The van der Waals surface area contributed by atoms with Crippen molar-refractivity contribution in [2.45, 2.75) is 45.3 Å². The topological polar surface area (TPSA) is 90.4 Å². The predicted molar refractivity (Wildman–Crippen MR) is 75.7 cm³/mol. The molecule has 0 unspecified atom stereocenters. The van der Waals surface area contributed by atoms with Crippen LogP contribution in [0, 0.1) is 0 Å². The van der Waals surface area contributed by atoms with Gasteiger partial charge in [0.2, 0.25) is 0 Å². The van der Waals surface area contributed by atoms with Gasteiger partial charge in [-0.1, -0.05) is 0 Å². The molecular weight excluding hydrogens is 242 g/mol. The fourth-order valence-electron chi connectivity index (χ4n) is 2.21. The van der Waals surface area contributed by atoms with Gasteiger partial charge in [0.1, 0.15) is 11.4 Å². The molecule has 0 saturated heterocycles. The van der Waals surface area contributed by atoms with Crippen molar-refractivity contribution in [3.05, 3.63) is 29.8 Å². The first-order valence-corrected chi connectivity index (χ1v) is 6.22. The number of hydrogen-bond donors (Lipinski definition) is 3. The number of amides is 1. The normalized spacial score (nSPS) is 12.1. The summed E-state index contributed by atoms with van der Waals surface area (Å²) in [7, 11) is 0. The van der Waals surface area contributed by atoms with Crippen molar-refractivity contribution in [1.29, 1.82) is 0 Å². The van der Waals surface area contributed by atoms with Gasteiger partial charge in [0.25, 0.3) is 5.91 Å². The minimum absolute atomic E-state index is 0.303. The standard InChI is InChI=1S/C14H23N3O2/c1-13(2,15)9-14(3,4)19-11-7-5-10(6-8-11)12(18)17-16/h5-8H,9,15-16H2,1-4H3,(H,17,18). The summed E-state index contributed by atoms with van der Waals surface area (Å²) in [6.45, 7) is 7.91. The highest BCUT2D eigenvalue weighted by Crippen LogP contribution is 2.25. The summed E-state index contributed by atoms with van der Waals surface area (Å²) in [5.41, 5.74) is 7.90. The van der Waals surface area contributed by atoms with Crippen molar-refractivity contribution in [2.24, 2.45) is 11.6 Å². The summed E-state index contributed by atoms with van der Waals surface area (Å²) in [5.74, 6) is 5.44. The molecule has 0 bridgehead atoms. The third kappa shape index (κ3) is 5.28. The number of benzene rings is 1. The highest BCUT2D eigenvalue weighted by Gasteiger charge is 2.27. The van der Waals surface area contributed by atoms with Crippen molar-refractivity contribution >= 4 is 5.91 Å². The van der Waals surface area contributed by atoms with Gasteiger partial charge >= 0.3 is 0 Å². The number of carbonyl (C=O) groups is 1. The van der Waals surface area contributed by atoms with Crippen LogP contribution in [0.15, 0.2) is 24.3 Å². The van der Waals surface area contributed by atoms with Crippen LogP contribution in [0.3, 0.4) is 0 Å². The molecular formula is C14H23N3O2. The Morgan fingerprint density at radius 1 is 1.21 bits per heavy atom. The lowest BCUT2D eigenvalue weighted by molar-refractivity contribution is 0.0783. The molecule has 0 atom stereocenters. The molecule has 106 valence electrons. The molecule has 0 fully saturated rings. The van der Waals surface area contributed by atoms with Crippen molar-refractivity contribution in [1.82, 2.24) is 5.43 Å². The Balaban J connectivity index is 2.75. The summed E-state index contributed by atoms with van der Waals surface area (Å²) in [4.78, 5) is 11.3. The van der Waals surface area contributed by atoms with E-state index in [1.165, 1.54) is 0 Å². The third-order valence-electron chi connectivity index (χ3n) is 2.52. The molecule has 0 saturated carbocycles. The number of rotatable bonds is 5. The van der Waals surface area contributed by atoms with E-state index < -0.39 is 0 Å². The molecule has 0 aliphatic carbocycles. The maximum atomic E-state index is 11.3. The number of nitrogen functional groups attached to an aromatic ring is 1. The zero-order valence-corrected chi connectivity index (χ0v) is 12.0. The first-order chi connectivity index (χ1) is 8.63. The Morgan fingerprint density at radius 2 is 1.74 bits per heavy atom. The van der Waals surface area contributed by atoms with Crippen molar-refractivity contribution in [2.75, 3.05) is 0 Å². The molecule has 0 spiro atoms. The van der Waals surface area contributed by atoms with E-state index in [-0.39, 0.29) is 17.0 Å². The Labute approximate surface area is 114 Å². The lowest BCUT2D eigenvalue weighted by Gasteiger charge is -2.33. The summed E-state index contributed by atoms with van der Waals surface area (Å²) < 4.78 is 5.90. The summed E-state index contributed by atoms with van der Waals surface area (Å²) >= 11 is 0. The van der Waals surface area contributed by atoms with E-state index in [4.69, 9.17) is 16.3 Å². The number of carbonyl (C=O) groups excluding carboxylic acids is 1. The fourth-order valence-corrected chi connectivity index (χ4v) is 2.21. The molecule has 1 aromatic carbocycles. The Hall–Kier alpha value is -1.59. The van der Waals surface area contributed by atoms with Gasteiger partial charge in [-0.2, -0.15) is 0 Å². The largest absolute Gasteiger partial charge is 0.488 e. The van der Waals surface area contributed by atoms with Crippen LogP contribution in [0.4, 0.5) is 0 Å². The molecule has 0 radical (unpaired) electrons. The quantitative estimate of drug-likeness (QED) is 0.428. The molecule has 1 amide bonds. The van der Waals surface area contributed by atoms with Crippen LogP contribution in [0.2, 0.25) is 0 Å². The third-order valence-corrected chi connectivity index (χ3v) is 2.52. The van der Waals surface area contributed by atoms with Crippen LogP contribution >= 0.6 is 0 Å². The zero-order valence-electron chi connectivity index (χ0n) is 12.0. The van der Waals surface area contributed by atoms with Gasteiger partial charge in [0.05, 0.1) is 0 Å². The number of hydrogen-bond acceptors (Lipinski definition) is 4. The highest BCUT2D eigenvalue weighted by atomic mass is 16.5. The molecule has 5 heteroatoms. The van der Waals surface area contributed by atoms with E-state index in [1.807, 2.05) is 27.7 Å². The molecule has 1 rings (SSSR count). The van der Waals surface area contributed by atoms with Crippen LogP contribution < -0.4 is 21.7 Å². The van der Waals surface area contributed by atoms with Crippen LogP contribution in [0.1, 0.15) is 44.5 Å². The van der Waals surface area contributed by atoms with Gasteiger partial charge in [-0.15, -0.1) is 0 Å². The van der Waals surface area contributed by atoms with Gasteiger partial charge in [0.15, 0.2) is 0 Å². The minimum atomic E-state index is -0.379. The number of ether oxygens (including phenoxy) is 1. The zero-order chi connectivity index (χ0) is 14.7. The SMILES string of the molecule is CC(C)(N)CC(C)(C)Oc1ccc(C(=O)NN)cc1. The van der Waals surface area contributed by atoms with E-state index in [9.17, 15) is 4.79 Å². The van der Waals surface area contributed by atoms with Gasteiger partial charge in [-0.3, -0.25) is 10.2 Å². The second-order valence-corrected chi connectivity index (χ2v) is 6.02. The average Bonchev–Trinajstić information content (AvgIpc) is 2.25. The van der Waals surface area contributed by atoms with Crippen LogP contribution in [0.5, 0.6) is 5.75 Å². The molecule has 19 heavy (non-hydrogen) atoms. The molecule has 5 nitrogen and oxygen atoms in total. The van der Waals surface area contributed by atoms with E-state index in [0.29, 0.717) is 17.7 Å². The second-order valence-electron chi connectivity index (χ2n) is 6.02. The first kappa shape index (κ1) is 15.5. The van der Waals surface area contributed by atoms with Gasteiger partial charge in [-0.05, 0) is 52.0 Å². The molecule has 0 heterocycles. The summed E-state index contributed by atoms with van der Waals surface area (Å²) in [6, 6.07) is 6.83. The van der Waals surface area contributed by atoms with E-state index >= 15 is 0 Å². The molecule has 0 aliphatic heterocycles. The summed E-state index contributed by atoms with van der Waals surface area (Å²) in [5, 5.41) is 0. The van der Waals surface area contributed by atoms with Crippen LogP contribution in [-0.4, -0.2) is 17.0 Å². The Kier molecular flexibility index (Phi) is 4.55. The average molecular weight is 265 g/mol. The number of nitrogens with two attached hydrogens (primary N) is 2. The molecule has 0 aromatic heterocycles. The highest BCUT2D eigenvalue weighted by molar-refractivity contribution is 5.93. The van der Waals surface area contributed by atoms with Crippen molar-refractivity contribution in [3.8, 4) is 5.75 Å². The second kappa shape index (κ2) is 5.59. The number of hydrazine groups is 1. The predicted octanol–water partition coefficient (Wildman–Crippen LogP) is 1.57. The summed E-state index contributed by atoms with van der Waals surface area (Å²) in [6.07, 6.45) is 0.713. The van der Waals surface area contributed by atoms with Crippen molar-refractivity contribution in [3.63, 3.8) is 0 Å². The number of nitrogens with one attached hydrogen (secondary N) is 1. The maximum Gasteiger partial charge on any atom is 0.265 e. The lowest BCUT2D eigenvalue weighted by atomic mass is 9.90.